The molecule has 5 nitrogen and oxygen atoms in total. The van der Waals surface area contributed by atoms with Crippen molar-refractivity contribution in [2.45, 2.75) is 13.3 Å². The second-order valence-electron chi connectivity index (χ2n) is 4.23. The van der Waals surface area contributed by atoms with Gasteiger partial charge in [0.1, 0.15) is 17.4 Å². The van der Waals surface area contributed by atoms with Gasteiger partial charge in [0.2, 0.25) is 0 Å². The predicted molar refractivity (Wildman–Crippen MR) is 75.8 cm³/mol. The highest BCUT2D eigenvalue weighted by Crippen LogP contribution is 2.27. The van der Waals surface area contributed by atoms with Gasteiger partial charge in [-0.2, -0.15) is 0 Å². The molecule has 1 aromatic heterocycles. The number of hydrogen-bond donors (Lipinski definition) is 2. The Kier molecular flexibility index (Phi) is 4.30. The number of rotatable bonds is 5. The lowest BCUT2D eigenvalue weighted by Crippen LogP contribution is -2.07. The van der Waals surface area contributed by atoms with Crippen molar-refractivity contribution in [3.8, 4) is 5.75 Å². The molecule has 1 aromatic carbocycles. The maximum Gasteiger partial charge on any atom is 0.142 e. The van der Waals surface area contributed by atoms with Gasteiger partial charge in [-0.05, 0) is 37.2 Å². The fraction of sp³-hybridized carbons (Fsp3) is 0.286. The smallest absolute Gasteiger partial charge is 0.142 e. The number of benzene rings is 1. The van der Waals surface area contributed by atoms with E-state index in [2.05, 4.69) is 15.3 Å². The summed E-state index contributed by atoms with van der Waals surface area (Å²) in [6, 6.07) is 7.77. The number of hydrogen-bond acceptors (Lipinski definition) is 5. The zero-order valence-electron chi connectivity index (χ0n) is 11.2. The summed E-state index contributed by atoms with van der Waals surface area (Å²) in [5.41, 5.74) is 7.55. The van der Waals surface area contributed by atoms with E-state index in [4.69, 9.17) is 10.5 Å². The van der Waals surface area contributed by atoms with Crippen LogP contribution in [0.3, 0.4) is 0 Å². The lowest BCUT2D eigenvalue weighted by Gasteiger charge is -2.11. The third-order valence-electron chi connectivity index (χ3n) is 2.69. The molecule has 0 saturated carbocycles. The lowest BCUT2D eigenvalue weighted by atomic mass is 10.2. The molecule has 0 radical (unpaired) electrons. The Morgan fingerprint density at radius 1 is 1.32 bits per heavy atom. The van der Waals surface area contributed by atoms with Crippen LogP contribution in [-0.4, -0.2) is 23.6 Å². The van der Waals surface area contributed by atoms with E-state index in [1.807, 2.05) is 31.2 Å². The van der Waals surface area contributed by atoms with E-state index < -0.39 is 0 Å². The molecule has 0 atom stereocenters. The van der Waals surface area contributed by atoms with Gasteiger partial charge < -0.3 is 15.8 Å². The van der Waals surface area contributed by atoms with E-state index in [0.717, 1.165) is 28.6 Å². The quantitative estimate of drug-likeness (QED) is 0.858. The maximum atomic E-state index is 5.51. The highest BCUT2D eigenvalue weighted by molar-refractivity contribution is 5.64. The molecule has 1 heterocycles. The molecule has 0 aliphatic rings. The minimum Gasteiger partial charge on any atom is -0.495 e. The first-order valence-electron chi connectivity index (χ1n) is 6.16. The summed E-state index contributed by atoms with van der Waals surface area (Å²) in [5.74, 6) is 2.26. The summed E-state index contributed by atoms with van der Waals surface area (Å²) < 4.78 is 5.32. The summed E-state index contributed by atoms with van der Waals surface area (Å²) in [6.07, 6.45) is 2.39. The van der Waals surface area contributed by atoms with E-state index in [1.165, 1.54) is 0 Å². The zero-order valence-corrected chi connectivity index (χ0v) is 11.2. The number of nitrogens with two attached hydrogens (primary N) is 1. The van der Waals surface area contributed by atoms with E-state index in [9.17, 15) is 0 Å². The van der Waals surface area contributed by atoms with Crippen LogP contribution in [0.15, 0.2) is 30.5 Å². The van der Waals surface area contributed by atoms with Crippen LogP contribution < -0.4 is 15.8 Å². The van der Waals surface area contributed by atoms with Gasteiger partial charge in [0.05, 0.1) is 12.8 Å². The van der Waals surface area contributed by atoms with E-state index in [0.29, 0.717) is 13.0 Å². The Labute approximate surface area is 112 Å². The molecule has 0 spiro atoms. The maximum absolute atomic E-state index is 5.51. The molecule has 0 amide bonds. The summed E-state index contributed by atoms with van der Waals surface area (Å²) >= 11 is 0. The first kappa shape index (κ1) is 13.3. The molecule has 0 aliphatic heterocycles. The second-order valence-corrected chi connectivity index (χ2v) is 4.23. The van der Waals surface area contributed by atoms with E-state index >= 15 is 0 Å². The fourth-order valence-corrected chi connectivity index (χ4v) is 1.78. The monoisotopic (exact) mass is 258 g/mol. The van der Waals surface area contributed by atoms with Crippen LogP contribution in [0.5, 0.6) is 5.75 Å². The number of nitrogens with one attached hydrogen (secondary N) is 1. The van der Waals surface area contributed by atoms with E-state index in [-0.39, 0.29) is 0 Å². The van der Waals surface area contributed by atoms with Crippen LogP contribution in [0.25, 0.3) is 0 Å². The Morgan fingerprint density at radius 2 is 2.16 bits per heavy atom. The third-order valence-corrected chi connectivity index (χ3v) is 2.69. The highest BCUT2D eigenvalue weighted by atomic mass is 16.5. The molecule has 2 aromatic rings. The molecule has 0 aliphatic carbocycles. The van der Waals surface area contributed by atoms with Crippen molar-refractivity contribution < 1.29 is 4.74 Å². The normalized spacial score (nSPS) is 10.3. The lowest BCUT2D eigenvalue weighted by molar-refractivity contribution is 0.416. The molecule has 0 fully saturated rings. The van der Waals surface area contributed by atoms with Gasteiger partial charge in [-0.15, -0.1) is 0 Å². The molecule has 0 bridgehead atoms. The van der Waals surface area contributed by atoms with Gasteiger partial charge in [0.25, 0.3) is 0 Å². The van der Waals surface area contributed by atoms with Gasteiger partial charge in [-0.1, -0.05) is 6.07 Å². The van der Waals surface area contributed by atoms with Crippen molar-refractivity contribution in [2.24, 2.45) is 5.73 Å². The molecule has 2 rings (SSSR count). The molecule has 0 unspecified atom stereocenters. The van der Waals surface area contributed by atoms with Crippen LogP contribution in [0, 0.1) is 6.92 Å². The number of anilines is 2. The SMILES string of the molecule is COc1ccc(C)cc1Nc1ccnc(CCN)n1. The first-order valence-corrected chi connectivity index (χ1v) is 6.16. The van der Waals surface area contributed by atoms with Crippen LogP contribution in [0.1, 0.15) is 11.4 Å². The van der Waals surface area contributed by atoms with Crippen molar-refractivity contribution in [1.82, 2.24) is 9.97 Å². The summed E-state index contributed by atoms with van der Waals surface area (Å²) in [4.78, 5) is 8.57. The first-order chi connectivity index (χ1) is 9.22. The number of aromatic nitrogens is 2. The molecule has 19 heavy (non-hydrogen) atoms. The van der Waals surface area contributed by atoms with Crippen LogP contribution in [0.4, 0.5) is 11.5 Å². The molecule has 5 heteroatoms. The Balaban J connectivity index is 2.25. The van der Waals surface area contributed by atoms with Crippen LogP contribution in [-0.2, 0) is 6.42 Å². The Morgan fingerprint density at radius 3 is 2.89 bits per heavy atom. The highest BCUT2D eigenvalue weighted by Gasteiger charge is 2.05. The Bertz CT molecular complexity index is 557. The topological polar surface area (TPSA) is 73.1 Å². The van der Waals surface area contributed by atoms with Crippen molar-refractivity contribution in [2.75, 3.05) is 19.0 Å². The van der Waals surface area contributed by atoms with Gasteiger partial charge in [-0.25, -0.2) is 9.97 Å². The number of nitrogens with zero attached hydrogens (tertiary/aromatic N) is 2. The molecular formula is C14H18N4O. The van der Waals surface area contributed by atoms with Crippen molar-refractivity contribution in [1.29, 1.82) is 0 Å². The predicted octanol–water partition coefficient (Wildman–Crippen LogP) is 2.04. The molecular weight excluding hydrogens is 240 g/mol. The van der Waals surface area contributed by atoms with E-state index in [1.54, 1.807) is 13.3 Å². The molecule has 3 N–H and O–H groups in total. The average Bonchev–Trinajstić information content (AvgIpc) is 2.40. The number of ether oxygens (including phenoxy) is 1. The van der Waals surface area contributed by atoms with Crippen molar-refractivity contribution in [3.63, 3.8) is 0 Å². The third kappa shape index (κ3) is 3.42. The van der Waals surface area contributed by atoms with Crippen molar-refractivity contribution >= 4 is 11.5 Å². The fourth-order valence-electron chi connectivity index (χ4n) is 1.78. The Hall–Kier alpha value is -2.14. The molecule has 100 valence electrons. The summed E-state index contributed by atoms with van der Waals surface area (Å²) in [7, 11) is 1.65. The van der Waals surface area contributed by atoms with Gasteiger partial charge >= 0.3 is 0 Å². The number of methoxy groups -OCH3 is 1. The minimum absolute atomic E-state index is 0.539. The minimum atomic E-state index is 0.539. The van der Waals surface area contributed by atoms with Crippen molar-refractivity contribution in [3.05, 3.63) is 41.9 Å². The second kappa shape index (κ2) is 6.15. The molecule has 0 saturated heterocycles. The standard InChI is InChI=1S/C14H18N4O/c1-10-3-4-12(19-2)11(9-10)17-14-6-8-16-13(18-14)5-7-15/h3-4,6,8-9H,5,7,15H2,1-2H3,(H,16,17,18). The van der Waals surface area contributed by atoms with Gasteiger partial charge in [0, 0.05) is 12.6 Å². The zero-order chi connectivity index (χ0) is 13.7. The number of aryl methyl sites for hydroxylation is 1. The van der Waals surface area contributed by atoms with Crippen LogP contribution >= 0.6 is 0 Å². The average molecular weight is 258 g/mol. The van der Waals surface area contributed by atoms with Gasteiger partial charge in [0.15, 0.2) is 0 Å². The van der Waals surface area contributed by atoms with Crippen LogP contribution in [0.2, 0.25) is 0 Å². The summed E-state index contributed by atoms with van der Waals surface area (Å²) in [6.45, 7) is 2.57. The van der Waals surface area contributed by atoms with Gasteiger partial charge in [-0.3, -0.25) is 0 Å². The summed E-state index contributed by atoms with van der Waals surface area (Å²) in [5, 5.41) is 3.25. The largest absolute Gasteiger partial charge is 0.495 e.